The van der Waals surface area contributed by atoms with Crippen LogP contribution in [0.2, 0.25) is 0 Å². The van der Waals surface area contributed by atoms with Crippen molar-refractivity contribution in [3.63, 3.8) is 0 Å². The molecule has 1 aliphatic heterocycles. The lowest BCUT2D eigenvalue weighted by Crippen LogP contribution is -2.48. The molecule has 0 bridgehead atoms. The number of halogens is 1. The zero-order valence-corrected chi connectivity index (χ0v) is 15.3. The Balaban J connectivity index is 1.82. The van der Waals surface area contributed by atoms with Crippen molar-refractivity contribution < 1.29 is 14.0 Å². The van der Waals surface area contributed by atoms with Gasteiger partial charge in [-0.2, -0.15) is 0 Å². The van der Waals surface area contributed by atoms with E-state index in [1.807, 2.05) is 37.3 Å². The van der Waals surface area contributed by atoms with Gasteiger partial charge in [-0.05, 0) is 49.6 Å². The lowest BCUT2D eigenvalue weighted by atomic mass is 9.88. The first-order valence-electron chi connectivity index (χ1n) is 9.24. The molecule has 0 aromatic heterocycles. The first kappa shape index (κ1) is 18.9. The lowest BCUT2D eigenvalue weighted by Gasteiger charge is -2.39. The number of para-hydroxylation sites is 1. The highest BCUT2D eigenvalue weighted by molar-refractivity contribution is 5.90. The first-order chi connectivity index (χ1) is 13.1. The molecule has 27 heavy (non-hydrogen) atoms. The van der Waals surface area contributed by atoms with E-state index >= 15 is 0 Å². The molecule has 2 aromatic carbocycles. The van der Waals surface area contributed by atoms with Crippen LogP contribution < -0.4 is 10.6 Å². The molecule has 2 atom stereocenters. The Morgan fingerprint density at radius 1 is 1.07 bits per heavy atom. The maximum atomic E-state index is 13.3. The second kappa shape index (κ2) is 8.66. The van der Waals surface area contributed by atoms with Crippen molar-refractivity contribution in [1.82, 2.24) is 10.2 Å². The molecule has 0 saturated carbocycles. The van der Waals surface area contributed by atoms with Gasteiger partial charge in [0.2, 0.25) is 5.91 Å². The van der Waals surface area contributed by atoms with Gasteiger partial charge in [0.15, 0.2) is 0 Å². The summed E-state index contributed by atoms with van der Waals surface area (Å²) >= 11 is 0. The van der Waals surface area contributed by atoms with Gasteiger partial charge in [-0.15, -0.1) is 0 Å². The van der Waals surface area contributed by atoms with E-state index in [2.05, 4.69) is 10.6 Å². The summed E-state index contributed by atoms with van der Waals surface area (Å²) in [7, 11) is 0. The smallest absolute Gasteiger partial charge is 0.322 e. The number of anilines is 1. The predicted molar refractivity (Wildman–Crippen MR) is 103 cm³/mol. The molecule has 3 amide bonds. The fourth-order valence-electron chi connectivity index (χ4n) is 3.48. The summed E-state index contributed by atoms with van der Waals surface area (Å²) in [5.41, 5.74) is 1.56. The maximum Gasteiger partial charge on any atom is 0.322 e. The SMILES string of the molecule is CCNC(=O)C1CCC(c2ccc(F)cc2)N(C(=O)Nc2ccccc2)C1. The number of hydrogen-bond acceptors (Lipinski definition) is 2. The number of likely N-dealkylation sites (tertiary alicyclic amines) is 1. The summed E-state index contributed by atoms with van der Waals surface area (Å²) in [5, 5.41) is 5.74. The van der Waals surface area contributed by atoms with Gasteiger partial charge in [-0.25, -0.2) is 9.18 Å². The van der Waals surface area contributed by atoms with Crippen molar-refractivity contribution in [2.24, 2.45) is 5.92 Å². The molecule has 1 heterocycles. The molecule has 6 heteroatoms. The minimum atomic E-state index is -0.310. The average Bonchev–Trinajstić information content (AvgIpc) is 2.69. The topological polar surface area (TPSA) is 61.4 Å². The Hall–Kier alpha value is -2.89. The fourth-order valence-corrected chi connectivity index (χ4v) is 3.48. The summed E-state index contributed by atoms with van der Waals surface area (Å²) in [5.74, 6) is -0.592. The summed E-state index contributed by atoms with van der Waals surface area (Å²) in [6, 6.07) is 15.0. The van der Waals surface area contributed by atoms with Gasteiger partial charge in [-0.3, -0.25) is 4.79 Å². The molecular formula is C21H24FN3O2. The van der Waals surface area contributed by atoms with Crippen molar-refractivity contribution in [2.75, 3.05) is 18.4 Å². The largest absolute Gasteiger partial charge is 0.356 e. The number of urea groups is 1. The van der Waals surface area contributed by atoms with E-state index in [9.17, 15) is 14.0 Å². The quantitative estimate of drug-likeness (QED) is 0.857. The van der Waals surface area contributed by atoms with Crippen LogP contribution in [0.4, 0.5) is 14.9 Å². The van der Waals surface area contributed by atoms with E-state index in [4.69, 9.17) is 0 Å². The number of nitrogens with one attached hydrogen (secondary N) is 2. The van der Waals surface area contributed by atoms with Crippen LogP contribution in [0, 0.1) is 11.7 Å². The highest BCUT2D eigenvalue weighted by atomic mass is 19.1. The zero-order valence-electron chi connectivity index (χ0n) is 15.3. The summed E-state index contributed by atoms with van der Waals surface area (Å²) in [6.07, 6.45) is 1.33. The average molecular weight is 369 g/mol. The molecule has 0 aliphatic carbocycles. The molecule has 5 nitrogen and oxygen atoms in total. The number of carbonyl (C=O) groups is 2. The lowest BCUT2D eigenvalue weighted by molar-refractivity contribution is -0.126. The van der Waals surface area contributed by atoms with Crippen LogP contribution in [0.25, 0.3) is 0 Å². The molecule has 142 valence electrons. The van der Waals surface area contributed by atoms with Crippen LogP contribution in [0.5, 0.6) is 0 Å². The molecule has 3 rings (SSSR count). The third-order valence-electron chi connectivity index (χ3n) is 4.84. The Kier molecular flexibility index (Phi) is 6.06. The second-order valence-corrected chi connectivity index (χ2v) is 6.68. The molecule has 2 N–H and O–H groups in total. The highest BCUT2D eigenvalue weighted by Gasteiger charge is 2.35. The highest BCUT2D eigenvalue weighted by Crippen LogP contribution is 2.34. The maximum absolute atomic E-state index is 13.3. The molecule has 2 aromatic rings. The molecule has 1 aliphatic rings. The van der Waals surface area contributed by atoms with Crippen molar-refractivity contribution in [1.29, 1.82) is 0 Å². The van der Waals surface area contributed by atoms with Crippen LogP contribution in [0.3, 0.4) is 0 Å². The number of rotatable bonds is 4. The number of hydrogen-bond donors (Lipinski definition) is 2. The van der Waals surface area contributed by atoms with Crippen molar-refractivity contribution in [3.8, 4) is 0 Å². The van der Waals surface area contributed by atoms with E-state index in [0.29, 0.717) is 31.6 Å². The molecule has 0 radical (unpaired) electrons. The van der Waals surface area contributed by atoms with E-state index in [1.54, 1.807) is 17.0 Å². The molecule has 0 spiro atoms. The van der Waals surface area contributed by atoms with Crippen molar-refractivity contribution in [3.05, 3.63) is 66.0 Å². The first-order valence-corrected chi connectivity index (χ1v) is 9.24. The normalized spacial score (nSPS) is 19.4. The number of nitrogens with zero attached hydrogens (tertiary/aromatic N) is 1. The number of carbonyl (C=O) groups excluding carboxylic acids is 2. The van der Waals surface area contributed by atoms with E-state index < -0.39 is 0 Å². The Labute approximate surface area is 158 Å². The zero-order chi connectivity index (χ0) is 19.2. The van der Waals surface area contributed by atoms with Gasteiger partial charge >= 0.3 is 6.03 Å². The van der Waals surface area contributed by atoms with Crippen LogP contribution in [-0.4, -0.2) is 29.9 Å². The minimum Gasteiger partial charge on any atom is -0.356 e. The van der Waals surface area contributed by atoms with Gasteiger partial charge < -0.3 is 15.5 Å². The fraction of sp³-hybridized carbons (Fsp3) is 0.333. The van der Waals surface area contributed by atoms with Crippen molar-refractivity contribution in [2.45, 2.75) is 25.8 Å². The monoisotopic (exact) mass is 369 g/mol. The third-order valence-corrected chi connectivity index (χ3v) is 4.84. The molecular weight excluding hydrogens is 345 g/mol. The van der Waals surface area contributed by atoms with Gasteiger partial charge in [0.25, 0.3) is 0 Å². The Bertz CT molecular complexity index is 780. The Morgan fingerprint density at radius 3 is 2.44 bits per heavy atom. The van der Waals surface area contributed by atoms with Crippen LogP contribution in [0.1, 0.15) is 31.4 Å². The van der Waals surface area contributed by atoms with E-state index in [0.717, 1.165) is 5.56 Å². The summed E-state index contributed by atoms with van der Waals surface area (Å²) < 4.78 is 13.3. The number of piperidine rings is 1. The van der Waals surface area contributed by atoms with Gasteiger partial charge in [-0.1, -0.05) is 30.3 Å². The van der Waals surface area contributed by atoms with Gasteiger partial charge in [0, 0.05) is 18.8 Å². The standard InChI is InChI=1S/C21H24FN3O2/c1-2-23-20(26)16-10-13-19(15-8-11-17(22)12-9-15)25(14-16)21(27)24-18-6-4-3-5-7-18/h3-9,11-12,16,19H,2,10,13-14H2,1H3,(H,23,26)(H,24,27). The van der Waals surface area contributed by atoms with Crippen molar-refractivity contribution >= 4 is 17.6 Å². The predicted octanol–water partition coefficient (Wildman–Crippen LogP) is 3.95. The van der Waals surface area contributed by atoms with Gasteiger partial charge in [0.05, 0.1) is 12.0 Å². The summed E-state index contributed by atoms with van der Waals surface area (Å²) in [4.78, 5) is 26.9. The number of benzene rings is 2. The number of amides is 3. The second-order valence-electron chi connectivity index (χ2n) is 6.68. The minimum absolute atomic E-state index is 0.0347. The van der Waals surface area contributed by atoms with Gasteiger partial charge in [0.1, 0.15) is 5.82 Å². The third kappa shape index (κ3) is 4.64. The Morgan fingerprint density at radius 2 is 1.78 bits per heavy atom. The van der Waals surface area contributed by atoms with Crippen LogP contribution in [-0.2, 0) is 4.79 Å². The molecule has 1 saturated heterocycles. The van der Waals surface area contributed by atoms with Crippen LogP contribution in [0.15, 0.2) is 54.6 Å². The van der Waals surface area contributed by atoms with E-state index in [-0.39, 0.29) is 29.7 Å². The van der Waals surface area contributed by atoms with E-state index in [1.165, 1.54) is 12.1 Å². The molecule has 2 unspecified atom stereocenters. The summed E-state index contributed by atoms with van der Waals surface area (Å²) in [6.45, 7) is 2.77. The van der Waals surface area contributed by atoms with Crippen LogP contribution >= 0.6 is 0 Å². The molecule has 1 fully saturated rings.